The van der Waals surface area contributed by atoms with E-state index in [0.29, 0.717) is 0 Å². The SMILES string of the molecule is CCC1(CC)c2cc(-c3ccccc3)ccc2-c2c1c1c(c3cc(SC)c(SC)cc23)OC(c2ccccc2)(c2ccc(OC)cc2)C=C1. The van der Waals surface area contributed by atoms with Crippen molar-refractivity contribution in [1.29, 1.82) is 0 Å². The van der Waals surface area contributed by atoms with Crippen LogP contribution in [-0.2, 0) is 11.0 Å². The van der Waals surface area contributed by atoms with Crippen molar-refractivity contribution in [2.75, 3.05) is 19.6 Å². The number of rotatable bonds is 8. The number of thioether (sulfide) groups is 2. The van der Waals surface area contributed by atoms with Crippen LogP contribution < -0.4 is 9.47 Å². The lowest BCUT2D eigenvalue weighted by atomic mass is 9.70. The Labute approximate surface area is 298 Å². The average Bonchev–Trinajstić information content (AvgIpc) is 3.48. The van der Waals surface area contributed by atoms with E-state index in [9.17, 15) is 0 Å². The third-order valence-electron chi connectivity index (χ3n) is 10.9. The van der Waals surface area contributed by atoms with E-state index < -0.39 is 5.60 Å². The fraction of sp³-hybridized carbons (Fsp3) is 0.200. The number of fused-ring (bicyclic) bond motifs is 8. The maximum atomic E-state index is 7.61. The highest BCUT2D eigenvalue weighted by molar-refractivity contribution is 8.01. The Morgan fingerprint density at radius 1 is 0.673 bits per heavy atom. The molecule has 0 amide bonds. The molecule has 1 unspecified atom stereocenters. The molecule has 6 aromatic rings. The van der Waals surface area contributed by atoms with Gasteiger partial charge in [0.1, 0.15) is 11.5 Å². The van der Waals surface area contributed by atoms with Crippen molar-refractivity contribution in [2.24, 2.45) is 0 Å². The lowest BCUT2D eigenvalue weighted by Gasteiger charge is -2.39. The predicted molar refractivity (Wildman–Crippen MR) is 210 cm³/mol. The lowest BCUT2D eigenvalue weighted by Crippen LogP contribution is -2.35. The molecular formula is C45H40O2S2. The van der Waals surface area contributed by atoms with Gasteiger partial charge in [0.05, 0.1) is 7.11 Å². The first-order chi connectivity index (χ1) is 24.0. The summed E-state index contributed by atoms with van der Waals surface area (Å²) in [5.41, 5.74) is 10.4. The Balaban J connectivity index is 1.46. The lowest BCUT2D eigenvalue weighted by molar-refractivity contribution is 0.163. The molecule has 0 radical (unpaired) electrons. The molecule has 0 saturated carbocycles. The summed E-state index contributed by atoms with van der Waals surface area (Å²) < 4.78 is 13.2. The second kappa shape index (κ2) is 12.5. The van der Waals surface area contributed by atoms with E-state index >= 15 is 0 Å². The van der Waals surface area contributed by atoms with Crippen molar-refractivity contribution in [3.05, 3.63) is 149 Å². The highest BCUT2D eigenvalue weighted by Crippen LogP contribution is 2.61. The van der Waals surface area contributed by atoms with Gasteiger partial charge in [-0.15, -0.1) is 23.5 Å². The van der Waals surface area contributed by atoms with Crippen LogP contribution in [0.5, 0.6) is 11.5 Å². The fourth-order valence-corrected chi connectivity index (χ4v) is 9.82. The van der Waals surface area contributed by atoms with Gasteiger partial charge in [-0.05, 0) is 101 Å². The van der Waals surface area contributed by atoms with Gasteiger partial charge in [0, 0.05) is 37.3 Å². The number of methoxy groups -OCH3 is 1. The molecule has 0 fully saturated rings. The maximum absolute atomic E-state index is 7.61. The third kappa shape index (κ3) is 4.79. The van der Waals surface area contributed by atoms with Crippen LogP contribution in [0.3, 0.4) is 0 Å². The molecule has 1 atom stereocenters. The van der Waals surface area contributed by atoms with Gasteiger partial charge in [0.2, 0.25) is 0 Å². The van der Waals surface area contributed by atoms with E-state index in [1.54, 1.807) is 18.9 Å². The van der Waals surface area contributed by atoms with Crippen LogP contribution in [0.1, 0.15) is 54.5 Å². The Bertz CT molecular complexity index is 2220. The molecule has 0 saturated heterocycles. The molecule has 244 valence electrons. The molecule has 1 heterocycles. The largest absolute Gasteiger partial charge is 0.497 e. The molecule has 0 aromatic heterocycles. The monoisotopic (exact) mass is 676 g/mol. The zero-order valence-corrected chi connectivity index (χ0v) is 30.3. The van der Waals surface area contributed by atoms with Gasteiger partial charge in [-0.2, -0.15) is 0 Å². The number of hydrogen-bond acceptors (Lipinski definition) is 4. The minimum absolute atomic E-state index is 0.161. The number of ether oxygens (including phenoxy) is 2. The van der Waals surface area contributed by atoms with Gasteiger partial charge in [0.15, 0.2) is 5.60 Å². The van der Waals surface area contributed by atoms with E-state index in [-0.39, 0.29) is 5.41 Å². The summed E-state index contributed by atoms with van der Waals surface area (Å²) in [6, 6.07) is 41.7. The molecule has 0 N–H and O–H groups in total. The van der Waals surface area contributed by atoms with E-state index in [2.05, 4.69) is 142 Å². The number of benzene rings is 6. The highest BCUT2D eigenvalue weighted by Gasteiger charge is 2.47. The predicted octanol–water partition coefficient (Wildman–Crippen LogP) is 12.4. The average molecular weight is 677 g/mol. The van der Waals surface area contributed by atoms with Crippen LogP contribution >= 0.6 is 23.5 Å². The molecule has 4 heteroatoms. The summed E-state index contributed by atoms with van der Waals surface area (Å²) in [7, 11) is 1.71. The molecule has 2 aliphatic rings. The first-order valence-electron chi connectivity index (χ1n) is 17.1. The Kier molecular flexibility index (Phi) is 8.13. The summed E-state index contributed by atoms with van der Waals surface area (Å²) in [5, 5.41) is 2.43. The molecule has 0 bridgehead atoms. The van der Waals surface area contributed by atoms with E-state index in [0.717, 1.165) is 40.9 Å². The summed E-state index contributed by atoms with van der Waals surface area (Å²) in [6.45, 7) is 4.72. The van der Waals surface area contributed by atoms with Gasteiger partial charge < -0.3 is 9.47 Å². The Morgan fingerprint density at radius 2 is 1.31 bits per heavy atom. The fourth-order valence-electron chi connectivity index (χ4n) is 8.33. The summed E-state index contributed by atoms with van der Waals surface area (Å²) in [4.78, 5) is 2.57. The second-order valence-corrected chi connectivity index (χ2v) is 14.6. The number of hydrogen-bond donors (Lipinski definition) is 0. The van der Waals surface area contributed by atoms with Crippen molar-refractivity contribution in [3.8, 4) is 33.8 Å². The highest BCUT2D eigenvalue weighted by atomic mass is 32.2. The minimum Gasteiger partial charge on any atom is -0.497 e. The van der Waals surface area contributed by atoms with Crippen LogP contribution in [0.15, 0.2) is 131 Å². The maximum Gasteiger partial charge on any atom is 0.178 e. The third-order valence-corrected chi connectivity index (χ3v) is 12.6. The van der Waals surface area contributed by atoms with Crippen molar-refractivity contribution in [2.45, 2.75) is 47.5 Å². The quantitative estimate of drug-likeness (QED) is 0.149. The van der Waals surface area contributed by atoms with Gasteiger partial charge in [-0.1, -0.05) is 105 Å². The zero-order valence-electron chi connectivity index (χ0n) is 28.7. The smallest absolute Gasteiger partial charge is 0.178 e. The van der Waals surface area contributed by atoms with Gasteiger partial charge in [0.25, 0.3) is 0 Å². The first-order valence-corrected chi connectivity index (χ1v) is 19.5. The minimum atomic E-state index is -0.813. The van der Waals surface area contributed by atoms with Gasteiger partial charge in [-0.3, -0.25) is 0 Å². The molecule has 8 rings (SSSR count). The molecule has 0 spiro atoms. The van der Waals surface area contributed by atoms with E-state index in [1.807, 2.05) is 23.9 Å². The molecule has 49 heavy (non-hydrogen) atoms. The van der Waals surface area contributed by atoms with Crippen LogP contribution in [0.4, 0.5) is 0 Å². The normalized spacial score (nSPS) is 16.9. The zero-order chi connectivity index (χ0) is 33.8. The molecule has 6 aromatic carbocycles. The molecular weight excluding hydrogens is 637 g/mol. The summed E-state index contributed by atoms with van der Waals surface area (Å²) >= 11 is 3.62. The summed E-state index contributed by atoms with van der Waals surface area (Å²) in [6.07, 6.45) is 11.0. The van der Waals surface area contributed by atoms with E-state index in [4.69, 9.17) is 9.47 Å². The van der Waals surface area contributed by atoms with Crippen LogP contribution in [0, 0.1) is 0 Å². The molecule has 1 aliphatic heterocycles. The second-order valence-electron chi connectivity index (χ2n) is 12.9. The Hall–Kier alpha value is -4.38. The van der Waals surface area contributed by atoms with Crippen molar-refractivity contribution < 1.29 is 9.47 Å². The van der Waals surface area contributed by atoms with Crippen LogP contribution in [-0.4, -0.2) is 19.6 Å². The first kappa shape index (κ1) is 31.9. The van der Waals surface area contributed by atoms with E-state index in [1.165, 1.54) is 54.1 Å². The van der Waals surface area contributed by atoms with Crippen molar-refractivity contribution in [1.82, 2.24) is 0 Å². The van der Waals surface area contributed by atoms with Gasteiger partial charge in [-0.25, -0.2) is 0 Å². The van der Waals surface area contributed by atoms with Crippen molar-refractivity contribution >= 4 is 40.4 Å². The molecule has 1 aliphatic carbocycles. The van der Waals surface area contributed by atoms with Gasteiger partial charge >= 0.3 is 0 Å². The van der Waals surface area contributed by atoms with Crippen LogP contribution in [0.25, 0.3) is 39.1 Å². The standard InChI is InChI=1S/C45H40O2S2/c1-6-44(7-2)38-26-30(29-14-10-8-11-15-29)18-23-34(38)41-36-27-39(48-4)40(49-5)28-37(36)43-35(42(41)44)24-25-45(47-43,31-16-12-9-13-17-31)32-19-21-33(46-3)22-20-32/h8-28H,6-7H2,1-5H3. The van der Waals surface area contributed by atoms with Crippen molar-refractivity contribution in [3.63, 3.8) is 0 Å². The summed E-state index contributed by atoms with van der Waals surface area (Å²) in [5.74, 6) is 1.79. The van der Waals surface area contributed by atoms with Crippen LogP contribution in [0.2, 0.25) is 0 Å². The topological polar surface area (TPSA) is 18.5 Å². The Morgan fingerprint density at radius 3 is 1.94 bits per heavy atom. The molecule has 2 nitrogen and oxygen atoms in total.